The summed E-state index contributed by atoms with van der Waals surface area (Å²) in [6.07, 6.45) is 4.36. The summed E-state index contributed by atoms with van der Waals surface area (Å²) in [5.41, 5.74) is 2.58. The highest BCUT2D eigenvalue weighted by atomic mass is 35.5. The van der Waals surface area contributed by atoms with Crippen molar-refractivity contribution in [3.05, 3.63) is 69.8 Å². The van der Waals surface area contributed by atoms with E-state index in [4.69, 9.17) is 21.1 Å². The monoisotopic (exact) mass is 384 g/mol. The maximum atomic E-state index is 12.4. The first-order valence-electron chi connectivity index (χ1n) is 8.71. The highest BCUT2D eigenvalue weighted by Gasteiger charge is 2.09. The van der Waals surface area contributed by atoms with E-state index in [0.717, 1.165) is 17.5 Å². The standard InChI is InChI=1S/C21H21ClN2O3/c1-4-10-27-18-8-7-15(12-19(18)26-3)11-16(22)17-13-20(25)24-9-5-6-14(2)21(24)23-17/h5-9,11-13H,4,10H2,1-3H3/b16-11-. The molecular formula is C21H21ClN2O3. The lowest BCUT2D eigenvalue weighted by Crippen LogP contribution is -2.15. The zero-order chi connectivity index (χ0) is 19.4. The first-order valence-corrected chi connectivity index (χ1v) is 9.08. The van der Waals surface area contributed by atoms with Crippen LogP contribution in [0.1, 0.15) is 30.2 Å². The number of halogens is 1. The molecule has 27 heavy (non-hydrogen) atoms. The number of fused-ring (bicyclic) bond motifs is 1. The van der Waals surface area contributed by atoms with Crippen LogP contribution in [-0.4, -0.2) is 23.1 Å². The fourth-order valence-electron chi connectivity index (χ4n) is 2.71. The van der Waals surface area contributed by atoms with E-state index in [1.807, 2.05) is 44.2 Å². The summed E-state index contributed by atoms with van der Waals surface area (Å²) in [6, 6.07) is 10.7. The maximum Gasteiger partial charge on any atom is 0.258 e. The van der Waals surface area contributed by atoms with Gasteiger partial charge in [0.15, 0.2) is 11.5 Å². The Kier molecular flexibility index (Phi) is 5.81. The summed E-state index contributed by atoms with van der Waals surface area (Å²) in [5, 5.41) is 0.377. The van der Waals surface area contributed by atoms with E-state index in [0.29, 0.717) is 34.5 Å². The van der Waals surface area contributed by atoms with Crippen molar-refractivity contribution in [2.75, 3.05) is 13.7 Å². The topological polar surface area (TPSA) is 52.8 Å². The zero-order valence-electron chi connectivity index (χ0n) is 15.5. The summed E-state index contributed by atoms with van der Waals surface area (Å²) in [5.74, 6) is 1.31. The van der Waals surface area contributed by atoms with E-state index in [-0.39, 0.29) is 5.56 Å². The lowest BCUT2D eigenvalue weighted by molar-refractivity contribution is 0.294. The van der Waals surface area contributed by atoms with Crippen molar-refractivity contribution in [3.8, 4) is 11.5 Å². The molecule has 0 spiro atoms. The van der Waals surface area contributed by atoms with Crippen molar-refractivity contribution >= 4 is 28.4 Å². The molecule has 6 heteroatoms. The molecule has 1 aromatic carbocycles. The Hall–Kier alpha value is -2.79. The maximum absolute atomic E-state index is 12.4. The van der Waals surface area contributed by atoms with Gasteiger partial charge in [0.1, 0.15) is 5.65 Å². The first kappa shape index (κ1) is 19.0. The molecule has 0 atom stereocenters. The number of hydrogen-bond acceptors (Lipinski definition) is 4. The first-order chi connectivity index (χ1) is 13.0. The number of pyridine rings is 1. The molecule has 2 aromatic heterocycles. The molecule has 140 valence electrons. The van der Waals surface area contributed by atoms with Gasteiger partial charge in [0.2, 0.25) is 0 Å². The predicted octanol–water partition coefficient (Wildman–Crippen LogP) is 4.54. The molecule has 2 heterocycles. The van der Waals surface area contributed by atoms with Crippen molar-refractivity contribution in [2.45, 2.75) is 20.3 Å². The molecule has 0 bridgehead atoms. The Labute approximate surface area is 162 Å². The molecule has 0 aliphatic carbocycles. The van der Waals surface area contributed by atoms with Gasteiger partial charge >= 0.3 is 0 Å². The van der Waals surface area contributed by atoms with Gasteiger partial charge in [0, 0.05) is 12.3 Å². The molecule has 0 amide bonds. The van der Waals surface area contributed by atoms with E-state index < -0.39 is 0 Å². The van der Waals surface area contributed by atoms with Gasteiger partial charge in [0.25, 0.3) is 5.56 Å². The average Bonchev–Trinajstić information content (AvgIpc) is 2.67. The normalized spacial score (nSPS) is 11.6. The van der Waals surface area contributed by atoms with Crippen molar-refractivity contribution < 1.29 is 9.47 Å². The lowest BCUT2D eigenvalue weighted by atomic mass is 10.1. The fraction of sp³-hybridized carbons (Fsp3) is 0.238. The number of nitrogens with zero attached hydrogens (tertiary/aromatic N) is 2. The molecule has 0 unspecified atom stereocenters. The van der Waals surface area contributed by atoms with Crippen LogP contribution in [0.4, 0.5) is 0 Å². The molecule has 0 aliphatic heterocycles. The second-order valence-corrected chi connectivity index (χ2v) is 6.52. The molecule has 0 radical (unpaired) electrons. The summed E-state index contributed by atoms with van der Waals surface area (Å²) in [4.78, 5) is 16.9. The molecule has 3 aromatic rings. The van der Waals surface area contributed by atoms with Crippen molar-refractivity contribution in [1.82, 2.24) is 9.38 Å². The second kappa shape index (κ2) is 8.27. The Morgan fingerprint density at radius 2 is 2.07 bits per heavy atom. The van der Waals surface area contributed by atoms with Crippen LogP contribution in [0.25, 0.3) is 16.8 Å². The van der Waals surface area contributed by atoms with Gasteiger partial charge in [-0.3, -0.25) is 9.20 Å². The number of benzene rings is 1. The van der Waals surface area contributed by atoms with Gasteiger partial charge in [-0.25, -0.2) is 4.98 Å². The van der Waals surface area contributed by atoms with E-state index in [9.17, 15) is 4.79 Å². The third-order valence-electron chi connectivity index (χ3n) is 4.07. The van der Waals surface area contributed by atoms with Gasteiger partial charge < -0.3 is 9.47 Å². The molecule has 0 fully saturated rings. The Morgan fingerprint density at radius 1 is 1.26 bits per heavy atom. The van der Waals surface area contributed by atoms with Crippen LogP contribution >= 0.6 is 11.6 Å². The lowest BCUT2D eigenvalue weighted by Gasteiger charge is -2.11. The van der Waals surface area contributed by atoms with Gasteiger partial charge in [-0.05, 0) is 48.7 Å². The molecule has 0 saturated carbocycles. The minimum absolute atomic E-state index is 0.175. The van der Waals surface area contributed by atoms with Gasteiger partial charge in [-0.1, -0.05) is 30.7 Å². The average molecular weight is 385 g/mol. The zero-order valence-corrected chi connectivity index (χ0v) is 16.3. The number of methoxy groups -OCH3 is 1. The summed E-state index contributed by atoms with van der Waals surface area (Å²) in [6.45, 7) is 4.57. The smallest absolute Gasteiger partial charge is 0.258 e. The van der Waals surface area contributed by atoms with Gasteiger partial charge in [0.05, 0.1) is 24.4 Å². The van der Waals surface area contributed by atoms with Crippen LogP contribution in [0.2, 0.25) is 0 Å². The summed E-state index contributed by atoms with van der Waals surface area (Å²) < 4.78 is 12.6. The Bertz CT molecular complexity index is 1060. The van der Waals surface area contributed by atoms with E-state index >= 15 is 0 Å². The molecule has 0 saturated heterocycles. The largest absolute Gasteiger partial charge is 0.493 e. The molecular weight excluding hydrogens is 364 g/mol. The number of aromatic nitrogens is 2. The summed E-state index contributed by atoms with van der Waals surface area (Å²) in [7, 11) is 1.60. The van der Waals surface area contributed by atoms with Crippen LogP contribution in [0.15, 0.2) is 47.4 Å². The Morgan fingerprint density at radius 3 is 2.81 bits per heavy atom. The van der Waals surface area contributed by atoms with E-state index in [1.165, 1.54) is 10.5 Å². The minimum Gasteiger partial charge on any atom is -0.493 e. The van der Waals surface area contributed by atoms with Gasteiger partial charge in [-0.2, -0.15) is 0 Å². The van der Waals surface area contributed by atoms with Crippen LogP contribution in [0, 0.1) is 6.92 Å². The van der Waals surface area contributed by atoms with Crippen LogP contribution in [-0.2, 0) is 0 Å². The van der Waals surface area contributed by atoms with E-state index in [1.54, 1.807) is 19.4 Å². The highest BCUT2D eigenvalue weighted by molar-refractivity contribution is 6.51. The second-order valence-electron chi connectivity index (χ2n) is 6.12. The fourth-order valence-corrected chi connectivity index (χ4v) is 2.93. The highest BCUT2D eigenvalue weighted by Crippen LogP contribution is 2.30. The number of ether oxygens (including phenoxy) is 2. The van der Waals surface area contributed by atoms with Crippen LogP contribution < -0.4 is 15.0 Å². The van der Waals surface area contributed by atoms with Crippen molar-refractivity contribution in [3.63, 3.8) is 0 Å². The minimum atomic E-state index is -0.175. The Balaban J connectivity index is 1.99. The molecule has 0 aliphatic rings. The molecule has 5 nitrogen and oxygen atoms in total. The van der Waals surface area contributed by atoms with Crippen LogP contribution in [0.3, 0.4) is 0 Å². The predicted molar refractivity (Wildman–Crippen MR) is 109 cm³/mol. The quantitative estimate of drug-likeness (QED) is 0.626. The molecule has 3 rings (SSSR count). The van der Waals surface area contributed by atoms with Gasteiger partial charge in [-0.15, -0.1) is 0 Å². The van der Waals surface area contributed by atoms with Crippen LogP contribution in [0.5, 0.6) is 11.5 Å². The SMILES string of the molecule is CCCOc1ccc(/C=C(\Cl)c2cc(=O)n3cccc(C)c3n2)cc1OC. The molecule has 0 N–H and O–H groups in total. The number of rotatable bonds is 6. The third-order valence-corrected chi connectivity index (χ3v) is 4.38. The third kappa shape index (κ3) is 4.14. The van der Waals surface area contributed by atoms with Crippen molar-refractivity contribution in [1.29, 1.82) is 0 Å². The van der Waals surface area contributed by atoms with Crippen molar-refractivity contribution in [2.24, 2.45) is 0 Å². The summed E-state index contributed by atoms with van der Waals surface area (Å²) >= 11 is 6.46. The number of aryl methyl sites for hydroxylation is 1. The number of hydrogen-bond donors (Lipinski definition) is 0. The van der Waals surface area contributed by atoms with E-state index in [2.05, 4.69) is 4.98 Å².